The Bertz CT molecular complexity index is 2930. The largest absolute Gasteiger partial charge is 0.507 e. The highest BCUT2D eigenvalue weighted by molar-refractivity contribution is 7.85. The van der Waals surface area contributed by atoms with Crippen molar-refractivity contribution in [2.24, 2.45) is 0 Å². The molecule has 0 saturated carbocycles. The number of benzene rings is 3. The lowest BCUT2D eigenvalue weighted by Gasteiger charge is -2.36. The van der Waals surface area contributed by atoms with Gasteiger partial charge in [0.25, 0.3) is 27.8 Å². The Morgan fingerprint density at radius 2 is 1.54 bits per heavy atom. The molecule has 1 unspecified atom stereocenters. The number of hydrogen-bond acceptors (Lipinski definition) is 11. The van der Waals surface area contributed by atoms with Gasteiger partial charge in [-0.15, -0.1) is 5.06 Å². The number of anilines is 1. The highest BCUT2D eigenvalue weighted by Crippen LogP contribution is 2.48. The number of hydrogen-bond donors (Lipinski definition) is 3. The number of imide groups is 1. The first kappa shape index (κ1) is 53.4. The number of ether oxygens (including phenoxy) is 2. The zero-order chi connectivity index (χ0) is 52.3. The lowest BCUT2D eigenvalue weighted by atomic mass is 9.81. The molecule has 0 aromatic heterocycles. The summed E-state index contributed by atoms with van der Waals surface area (Å²) in [4.78, 5) is 56.6. The number of unbranched alkanes of at least 4 members (excludes halogenated alkanes) is 2. The average Bonchev–Trinajstić information content (AvgIpc) is 3.84. The maximum Gasteiger partial charge on any atom is 0.333 e. The summed E-state index contributed by atoms with van der Waals surface area (Å²) in [6, 6.07) is 11.1. The lowest BCUT2D eigenvalue weighted by Crippen LogP contribution is -2.51. The molecule has 7 rings (SSSR count). The van der Waals surface area contributed by atoms with E-state index >= 15 is 0 Å². The number of nitrogens with zero attached hydrogens (tertiary/aromatic N) is 3. The van der Waals surface area contributed by atoms with Crippen molar-refractivity contribution in [2.75, 3.05) is 37.7 Å². The molecule has 16 heteroatoms. The molecule has 0 spiro atoms. The van der Waals surface area contributed by atoms with E-state index < -0.39 is 38.9 Å². The minimum atomic E-state index is -4.44. The van der Waals surface area contributed by atoms with Crippen LogP contribution in [0.15, 0.2) is 89.5 Å². The highest BCUT2D eigenvalue weighted by atomic mass is 32.2. The summed E-state index contributed by atoms with van der Waals surface area (Å²) in [7, 11) is -4.44. The topological polar surface area (TPSA) is 192 Å². The molecule has 3 amide bonds. The summed E-state index contributed by atoms with van der Waals surface area (Å²) >= 11 is 0. The van der Waals surface area contributed by atoms with Gasteiger partial charge in [-0.05, 0) is 114 Å². The summed E-state index contributed by atoms with van der Waals surface area (Å²) in [6.45, 7) is 20.3. The van der Waals surface area contributed by atoms with Crippen molar-refractivity contribution in [2.45, 2.75) is 135 Å². The third kappa shape index (κ3) is 11.0. The number of rotatable bonds is 19. The van der Waals surface area contributed by atoms with E-state index in [9.17, 15) is 37.3 Å². The number of fused-ring (bicyclic) bond motifs is 3. The van der Waals surface area contributed by atoms with E-state index in [1.165, 1.54) is 23.3 Å². The van der Waals surface area contributed by atoms with Gasteiger partial charge in [0.1, 0.15) is 18.0 Å². The van der Waals surface area contributed by atoms with Crippen molar-refractivity contribution >= 4 is 50.9 Å². The van der Waals surface area contributed by atoms with Crippen LogP contribution in [-0.4, -0.2) is 95.6 Å². The van der Waals surface area contributed by atoms with Crippen LogP contribution in [0.2, 0.25) is 0 Å². The number of phenols is 1. The van der Waals surface area contributed by atoms with E-state index in [1.54, 1.807) is 6.07 Å². The Labute approximate surface area is 423 Å². The van der Waals surface area contributed by atoms with Gasteiger partial charge >= 0.3 is 5.97 Å². The first-order chi connectivity index (χ1) is 34.0. The monoisotopic (exact) mass is 1010 g/mol. The Hall–Kier alpha value is -6.36. The number of amides is 3. The first-order valence-electron chi connectivity index (χ1n) is 24.8. The number of aryl methyl sites for hydroxylation is 1. The van der Waals surface area contributed by atoms with Crippen LogP contribution in [0.3, 0.4) is 0 Å². The van der Waals surface area contributed by atoms with Crippen LogP contribution in [0.4, 0.5) is 11.4 Å². The second kappa shape index (κ2) is 21.4. The smallest absolute Gasteiger partial charge is 0.333 e. The molecule has 1 fully saturated rings. The lowest BCUT2D eigenvalue weighted by molar-refractivity contribution is -0.438. The van der Waals surface area contributed by atoms with E-state index in [-0.39, 0.29) is 41.2 Å². The SMILES string of the molecule is Cc1ccc2c(c1)C(C)(C)C(=CC=CC=CC=CC1=[N+](CCCCCC(=O)ON3C(=O)CCC3=O)c3ccc(S(=O)(=O)O)cc3C1(C)C)N2CCOCCNC(=O)C1(C)CCc2c(C)c(O)c(C)c(C)c2O1. The van der Waals surface area contributed by atoms with Crippen LogP contribution in [0.25, 0.3) is 0 Å². The van der Waals surface area contributed by atoms with Gasteiger partial charge < -0.3 is 29.6 Å². The summed E-state index contributed by atoms with van der Waals surface area (Å²) in [6.07, 6.45) is 17.0. The molecule has 3 aromatic rings. The van der Waals surface area contributed by atoms with Gasteiger partial charge in [-0.2, -0.15) is 13.0 Å². The van der Waals surface area contributed by atoms with Crippen LogP contribution in [0, 0.1) is 27.7 Å². The minimum absolute atomic E-state index is 0.0318. The highest BCUT2D eigenvalue weighted by Gasteiger charge is 2.45. The fourth-order valence-electron chi connectivity index (χ4n) is 10.2. The zero-order valence-electron chi connectivity index (χ0n) is 43.0. The zero-order valence-corrected chi connectivity index (χ0v) is 43.8. The fraction of sp³-hybridized carbons (Fsp3) is 0.446. The Balaban J connectivity index is 0.973. The summed E-state index contributed by atoms with van der Waals surface area (Å²) in [5.74, 6) is -0.905. The molecule has 4 aliphatic rings. The van der Waals surface area contributed by atoms with Gasteiger partial charge in [-0.3, -0.25) is 18.9 Å². The van der Waals surface area contributed by atoms with Gasteiger partial charge in [-0.1, -0.05) is 61.9 Å². The fourth-order valence-corrected chi connectivity index (χ4v) is 10.7. The van der Waals surface area contributed by atoms with Gasteiger partial charge in [0.05, 0.1) is 23.5 Å². The molecule has 384 valence electrons. The molecular formula is C56H69N4O11S+. The summed E-state index contributed by atoms with van der Waals surface area (Å²) in [5, 5.41) is 14.1. The number of carbonyl (C=O) groups excluding carboxylic acids is 4. The molecule has 1 atom stereocenters. The normalized spacial score (nSPS) is 19.8. The molecule has 0 radical (unpaired) electrons. The Morgan fingerprint density at radius 1 is 0.833 bits per heavy atom. The number of hydroxylamine groups is 2. The van der Waals surface area contributed by atoms with Crippen LogP contribution in [0.5, 0.6) is 11.5 Å². The van der Waals surface area contributed by atoms with Crippen molar-refractivity contribution in [3.8, 4) is 11.5 Å². The van der Waals surface area contributed by atoms with E-state index in [0.29, 0.717) is 75.8 Å². The van der Waals surface area contributed by atoms with E-state index in [2.05, 4.69) is 59.8 Å². The Morgan fingerprint density at radius 3 is 2.26 bits per heavy atom. The van der Waals surface area contributed by atoms with Crippen molar-refractivity contribution in [1.29, 1.82) is 0 Å². The first-order valence-corrected chi connectivity index (χ1v) is 26.2. The van der Waals surface area contributed by atoms with Crippen molar-refractivity contribution in [3.63, 3.8) is 0 Å². The van der Waals surface area contributed by atoms with E-state index in [4.69, 9.17) is 14.3 Å². The molecule has 15 nitrogen and oxygen atoms in total. The molecule has 4 aliphatic heterocycles. The van der Waals surface area contributed by atoms with Crippen molar-refractivity contribution in [1.82, 2.24) is 10.4 Å². The molecule has 3 aromatic carbocycles. The molecule has 3 N–H and O–H groups in total. The van der Waals surface area contributed by atoms with Crippen LogP contribution in [-0.2, 0) is 56.1 Å². The number of allylic oxidation sites excluding steroid dienone is 8. The molecular weight excluding hydrogens is 937 g/mol. The molecule has 72 heavy (non-hydrogen) atoms. The van der Waals surface area contributed by atoms with Gasteiger partial charge in [0, 0.05) is 85.3 Å². The molecule has 1 saturated heterocycles. The summed E-state index contributed by atoms with van der Waals surface area (Å²) < 4.78 is 48.8. The van der Waals surface area contributed by atoms with Gasteiger partial charge in [0.15, 0.2) is 11.3 Å². The average molecular weight is 1010 g/mol. The number of carbonyl (C=O) groups is 4. The van der Waals surface area contributed by atoms with Gasteiger partial charge in [-0.25, -0.2) is 4.79 Å². The van der Waals surface area contributed by atoms with Crippen LogP contribution in [0.1, 0.15) is 119 Å². The number of nitrogens with one attached hydrogen (secondary N) is 1. The minimum Gasteiger partial charge on any atom is -0.507 e. The van der Waals surface area contributed by atoms with Crippen molar-refractivity contribution < 1.29 is 56.1 Å². The number of phenolic OH excluding ortho intramolecular Hbond substituents is 1. The summed E-state index contributed by atoms with van der Waals surface area (Å²) in [5.41, 5.74) is 8.55. The molecule has 0 bridgehead atoms. The van der Waals surface area contributed by atoms with E-state index in [1.807, 2.05) is 78.0 Å². The number of aromatic hydroxyl groups is 1. The second-order valence-corrected chi connectivity index (χ2v) is 21.8. The van der Waals surface area contributed by atoms with Crippen molar-refractivity contribution in [3.05, 3.63) is 124 Å². The van der Waals surface area contributed by atoms with Gasteiger partial charge in [0.2, 0.25) is 5.69 Å². The Kier molecular flexibility index (Phi) is 15.9. The predicted octanol–water partition coefficient (Wildman–Crippen LogP) is 8.68. The maximum absolute atomic E-state index is 13.5. The van der Waals surface area contributed by atoms with Crippen LogP contribution >= 0.6 is 0 Å². The standard InChI is InChI=1S/C56H68N4O11S/c1-36-21-23-44-42(34-36)54(5,6)47(59(44)31-33-69-32-29-57-53(65)56(9)28-27-41-39(4)51(64)37(2)38(3)52(41)70-56)19-15-12-10-11-14-18-46-55(7,8)43-35-40(72(66,67)68)22-24-45(43)58(46)30-17-13-16-20-50(63)71-60-48(61)25-26-49(60)62/h10-12,14-15,18-19,21-24,34-35H,13,16-17,20,25-33H2,1-9H3,(H2-,57,64,65,66,67,68)/p+1. The quantitative estimate of drug-likeness (QED) is 0.0341. The predicted molar refractivity (Wildman–Crippen MR) is 275 cm³/mol. The van der Waals surface area contributed by atoms with E-state index in [0.717, 1.165) is 50.6 Å². The second-order valence-electron chi connectivity index (χ2n) is 20.4. The third-order valence-electron chi connectivity index (χ3n) is 14.6. The van der Waals surface area contributed by atoms with Crippen LogP contribution < -0.4 is 15.0 Å². The molecule has 4 heterocycles. The molecule has 0 aliphatic carbocycles. The third-order valence-corrected chi connectivity index (χ3v) is 15.5. The maximum atomic E-state index is 13.5.